The van der Waals surface area contributed by atoms with Gasteiger partial charge in [0.2, 0.25) is 15.9 Å². The molecule has 0 atom stereocenters. The quantitative estimate of drug-likeness (QED) is 0.696. The fourth-order valence-electron chi connectivity index (χ4n) is 1.22. The minimum Gasteiger partial charge on any atom is -0.399 e. The summed E-state index contributed by atoms with van der Waals surface area (Å²) in [6.45, 7) is -0.401. The van der Waals surface area contributed by atoms with Gasteiger partial charge in [-0.3, -0.25) is 9.10 Å². The second-order valence-corrected chi connectivity index (χ2v) is 5.24. The first-order chi connectivity index (χ1) is 7.30. The van der Waals surface area contributed by atoms with Crippen molar-refractivity contribution in [2.75, 3.05) is 22.8 Å². The zero-order valence-electron chi connectivity index (χ0n) is 8.75. The van der Waals surface area contributed by atoms with Gasteiger partial charge in [-0.05, 0) is 18.2 Å². The number of rotatable bonds is 4. The van der Waals surface area contributed by atoms with Crippen molar-refractivity contribution in [2.45, 2.75) is 0 Å². The van der Waals surface area contributed by atoms with E-state index in [9.17, 15) is 13.2 Å². The molecule has 1 aromatic rings. The third-order valence-electron chi connectivity index (χ3n) is 1.86. The third kappa shape index (κ3) is 3.13. The first-order valence-corrected chi connectivity index (χ1v) is 6.27. The van der Waals surface area contributed by atoms with Crippen LogP contribution in [0.5, 0.6) is 0 Å². The number of hydrogen-bond donors (Lipinski definition) is 2. The fraction of sp³-hybridized carbons (Fsp3) is 0.222. The summed E-state index contributed by atoms with van der Waals surface area (Å²) in [6, 6.07) is 6.22. The zero-order valence-corrected chi connectivity index (χ0v) is 9.57. The molecule has 16 heavy (non-hydrogen) atoms. The predicted molar refractivity (Wildman–Crippen MR) is 62.2 cm³/mol. The first-order valence-electron chi connectivity index (χ1n) is 4.42. The predicted octanol–water partition coefficient (Wildman–Crippen LogP) is -0.480. The molecule has 0 fully saturated rings. The number of primary amides is 1. The summed E-state index contributed by atoms with van der Waals surface area (Å²) in [6.07, 6.45) is 0.999. The van der Waals surface area contributed by atoms with Gasteiger partial charge in [-0.1, -0.05) is 6.07 Å². The molecule has 88 valence electrons. The Morgan fingerprint density at radius 3 is 2.50 bits per heavy atom. The van der Waals surface area contributed by atoms with Gasteiger partial charge in [-0.2, -0.15) is 0 Å². The summed E-state index contributed by atoms with van der Waals surface area (Å²) < 4.78 is 23.8. The summed E-state index contributed by atoms with van der Waals surface area (Å²) in [5.41, 5.74) is 11.3. The summed E-state index contributed by atoms with van der Waals surface area (Å²) >= 11 is 0. The lowest BCUT2D eigenvalue weighted by Crippen LogP contribution is -2.37. The lowest BCUT2D eigenvalue weighted by molar-refractivity contribution is -0.116. The molecule has 0 heterocycles. The van der Waals surface area contributed by atoms with E-state index in [-0.39, 0.29) is 0 Å². The number of nitrogens with two attached hydrogens (primary N) is 2. The van der Waals surface area contributed by atoms with Gasteiger partial charge in [-0.15, -0.1) is 0 Å². The van der Waals surface area contributed by atoms with Crippen molar-refractivity contribution in [1.82, 2.24) is 0 Å². The molecule has 7 heteroatoms. The molecule has 0 aliphatic rings. The fourth-order valence-corrected chi connectivity index (χ4v) is 2.08. The Labute approximate surface area is 93.9 Å². The molecular formula is C9H13N3O3S. The largest absolute Gasteiger partial charge is 0.399 e. The molecule has 0 saturated carbocycles. The highest BCUT2D eigenvalue weighted by molar-refractivity contribution is 7.92. The van der Waals surface area contributed by atoms with E-state index in [0.29, 0.717) is 11.4 Å². The molecule has 0 spiro atoms. The van der Waals surface area contributed by atoms with Gasteiger partial charge < -0.3 is 11.5 Å². The van der Waals surface area contributed by atoms with Crippen LogP contribution >= 0.6 is 0 Å². The minimum absolute atomic E-state index is 0.321. The van der Waals surface area contributed by atoms with Gasteiger partial charge in [0.25, 0.3) is 0 Å². The van der Waals surface area contributed by atoms with Gasteiger partial charge in [0.05, 0.1) is 11.9 Å². The second kappa shape index (κ2) is 4.40. The van der Waals surface area contributed by atoms with E-state index in [1.54, 1.807) is 18.2 Å². The van der Waals surface area contributed by atoms with Crippen LogP contribution in [0, 0.1) is 0 Å². The average Bonchev–Trinajstić information content (AvgIpc) is 2.12. The number of nitrogens with zero attached hydrogens (tertiary/aromatic N) is 1. The Morgan fingerprint density at radius 2 is 2.06 bits per heavy atom. The summed E-state index contributed by atoms with van der Waals surface area (Å²) in [5, 5.41) is 0. The summed E-state index contributed by atoms with van der Waals surface area (Å²) in [5.74, 6) is -0.729. The maximum absolute atomic E-state index is 11.5. The van der Waals surface area contributed by atoms with Crippen molar-refractivity contribution in [1.29, 1.82) is 0 Å². The van der Waals surface area contributed by atoms with Gasteiger partial charge in [-0.25, -0.2) is 8.42 Å². The Bertz CT molecular complexity index is 498. The van der Waals surface area contributed by atoms with Crippen molar-refractivity contribution in [3.05, 3.63) is 24.3 Å². The highest BCUT2D eigenvalue weighted by Crippen LogP contribution is 2.19. The van der Waals surface area contributed by atoms with Gasteiger partial charge in [0.15, 0.2) is 0 Å². The van der Waals surface area contributed by atoms with Crippen LogP contribution in [0.25, 0.3) is 0 Å². The molecule has 0 bridgehead atoms. The third-order valence-corrected chi connectivity index (χ3v) is 3.00. The van der Waals surface area contributed by atoms with Crippen LogP contribution in [-0.4, -0.2) is 27.1 Å². The van der Waals surface area contributed by atoms with E-state index in [1.807, 2.05) is 0 Å². The second-order valence-electron chi connectivity index (χ2n) is 3.33. The minimum atomic E-state index is -3.55. The van der Waals surface area contributed by atoms with Crippen molar-refractivity contribution >= 4 is 27.3 Å². The molecule has 1 amide bonds. The smallest absolute Gasteiger partial charge is 0.238 e. The van der Waals surface area contributed by atoms with E-state index in [1.165, 1.54) is 6.07 Å². The number of hydrogen-bond acceptors (Lipinski definition) is 4. The number of carbonyl (C=O) groups is 1. The number of nitrogen functional groups attached to an aromatic ring is 1. The van der Waals surface area contributed by atoms with Crippen LogP contribution in [0.2, 0.25) is 0 Å². The van der Waals surface area contributed by atoms with Crippen LogP contribution in [0.3, 0.4) is 0 Å². The van der Waals surface area contributed by atoms with Crippen molar-refractivity contribution < 1.29 is 13.2 Å². The van der Waals surface area contributed by atoms with E-state index >= 15 is 0 Å². The van der Waals surface area contributed by atoms with Gasteiger partial charge >= 0.3 is 0 Å². The number of amides is 1. The standard InChI is InChI=1S/C9H13N3O3S/c1-16(14,15)12(6-9(11)13)8-4-2-3-7(10)5-8/h2-5H,6,10H2,1H3,(H2,11,13). The van der Waals surface area contributed by atoms with Crippen molar-refractivity contribution in [2.24, 2.45) is 5.73 Å². The molecular weight excluding hydrogens is 230 g/mol. The molecule has 0 saturated heterocycles. The van der Waals surface area contributed by atoms with E-state index in [0.717, 1.165) is 10.6 Å². The highest BCUT2D eigenvalue weighted by Gasteiger charge is 2.19. The summed E-state index contributed by atoms with van der Waals surface area (Å²) in [4.78, 5) is 10.8. The Morgan fingerprint density at radius 1 is 1.44 bits per heavy atom. The molecule has 0 aliphatic heterocycles. The molecule has 6 nitrogen and oxygen atoms in total. The molecule has 1 aromatic carbocycles. The lowest BCUT2D eigenvalue weighted by atomic mass is 10.3. The van der Waals surface area contributed by atoms with Crippen LogP contribution in [-0.2, 0) is 14.8 Å². The van der Waals surface area contributed by atoms with Gasteiger partial charge in [0.1, 0.15) is 6.54 Å². The van der Waals surface area contributed by atoms with Crippen molar-refractivity contribution in [3.8, 4) is 0 Å². The maximum atomic E-state index is 11.5. The Balaban J connectivity index is 3.16. The monoisotopic (exact) mass is 243 g/mol. The number of anilines is 2. The van der Waals surface area contributed by atoms with E-state index in [2.05, 4.69) is 0 Å². The molecule has 0 radical (unpaired) electrons. The normalized spacial score (nSPS) is 11.1. The first kappa shape index (κ1) is 12.3. The zero-order chi connectivity index (χ0) is 12.3. The molecule has 0 aromatic heterocycles. The molecule has 0 aliphatic carbocycles. The van der Waals surface area contributed by atoms with Crippen LogP contribution < -0.4 is 15.8 Å². The SMILES string of the molecule is CS(=O)(=O)N(CC(N)=O)c1cccc(N)c1. The number of sulfonamides is 1. The van der Waals surface area contributed by atoms with Gasteiger partial charge in [0, 0.05) is 5.69 Å². The van der Waals surface area contributed by atoms with Crippen LogP contribution in [0.15, 0.2) is 24.3 Å². The van der Waals surface area contributed by atoms with E-state index < -0.39 is 22.5 Å². The highest BCUT2D eigenvalue weighted by atomic mass is 32.2. The Hall–Kier alpha value is -1.76. The molecule has 1 rings (SSSR count). The lowest BCUT2D eigenvalue weighted by Gasteiger charge is -2.20. The average molecular weight is 243 g/mol. The number of benzene rings is 1. The molecule has 4 N–H and O–H groups in total. The Kier molecular flexibility index (Phi) is 3.38. The van der Waals surface area contributed by atoms with Crippen LogP contribution in [0.1, 0.15) is 0 Å². The van der Waals surface area contributed by atoms with E-state index in [4.69, 9.17) is 11.5 Å². The van der Waals surface area contributed by atoms with Crippen LogP contribution in [0.4, 0.5) is 11.4 Å². The van der Waals surface area contributed by atoms with Crippen molar-refractivity contribution in [3.63, 3.8) is 0 Å². The number of carbonyl (C=O) groups excluding carboxylic acids is 1. The summed E-state index contributed by atoms with van der Waals surface area (Å²) in [7, 11) is -3.55. The topological polar surface area (TPSA) is 106 Å². The maximum Gasteiger partial charge on any atom is 0.238 e. The molecule has 0 unspecified atom stereocenters.